The van der Waals surface area contributed by atoms with Crippen molar-refractivity contribution in [3.05, 3.63) is 89.1 Å². The van der Waals surface area contributed by atoms with E-state index in [1.165, 1.54) is 23.0 Å². The van der Waals surface area contributed by atoms with Crippen molar-refractivity contribution in [3.63, 3.8) is 0 Å². The van der Waals surface area contributed by atoms with E-state index in [1.807, 2.05) is 37.3 Å². The lowest BCUT2D eigenvalue weighted by Gasteiger charge is -2.24. The fourth-order valence-electron chi connectivity index (χ4n) is 4.07. The summed E-state index contributed by atoms with van der Waals surface area (Å²) in [5.74, 6) is 0.0752. The summed E-state index contributed by atoms with van der Waals surface area (Å²) in [7, 11) is 1.46. The number of hydrogen-bond acceptors (Lipinski definition) is 8. The summed E-state index contributed by atoms with van der Waals surface area (Å²) in [4.78, 5) is 31.8. The van der Waals surface area contributed by atoms with Crippen molar-refractivity contribution < 1.29 is 19.0 Å². The van der Waals surface area contributed by atoms with Gasteiger partial charge in [0.2, 0.25) is 0 Å². The molecule has 2 heterocycles. The van der Waals surface area contributed by atoms with Gasteiger partial charge in [0.25, 0.3) is 5.56 Å². The molecule has 0 aliphatic carbocycles. The number of thiazole rings is 1. The third-order valence-corrected chi connectivity index (χ3v) is 7.00. The lowest BCUT2D eigenvalue weighted by Crippen LogP contribution is -2.39. The van der Waals surface area contributed by atoms with E-state index in [-0.39, 0.29) is 29.5 Å². The Morgan fingerprint density at radius 1 is 1.27 bits per heavy atom. The smallest absolute Gasteiger partial charge is 0.338 e. The van der Waals surface area contributed by atoms with Crippen molar-refractivity contribution in [1.29, 1.82) is 5.26 Å². The number of rotatable bonds is 7. The number of methoxy groups -OCH3 is 1. The molecule has 0 bridgehead atoms. The van der Waals surface area contributed by atoms with Crippen molar-refractivity contribution >= 4 is 35.0 Å². The molecule has 0 N–H and O–H groups in total. The standard InChI is InChI=1S/C27H24ClN3O5S/c1-5-35-26(33)22-16(3)30-27-31(23(22)18-8-6-15(2)7-9-18)25(32)21(37-27)14-17-12-19(28)24(36-11-10-29)20(13-17)34-4/h6-9,12-14,23H,5,11H2,1-4H3/b21-14+/t23-/m1/s1. The van der Waals surface area contributed by atoms with Gasteiger partial charge >= 0.3 is 5.97 Å². The number of hydrogen-bond donors (Lipinski definition) is 0. The second-order valence-electron chi connectivity index (χ2n) is 8.19. The quantitative estimate of drug-likeness (QED) is 0.426. The highest BCUT2D eigenvalue weighted by molar-refractivity contribution is 7.07. The summed E-state index contributed by atoms with van der Waals surface area (Å²) < 4.78 is 18.0. The average Bonchev–Trinajstić information content (AvgIpc) is 3.17. The highest BCUT2D eigenvalue weighted by Gasteiger charge is 2.33. The number of nitrogens with zero attached hydrogens (tertiary/aromatic N) is 3. The first-order valence-electron chi connectivity index (χ1n) is 11.4. The van der Waals surface area contributed by atoms with Gasteiger partial charge in [-0.25, -0.2) is 9.79 Å². The fraction of sp³-hybridized carbons (Fsp3) is 0.259. The minimum absolute atomic E-state index is 0.185. The Morgan fingerprint density at radius 3 is 2.65 bits per heavy atom. The molecule has 10 heteroatoms. The number of benzene rings is 2. The highest BCUT2D eigenvalue weighted by Crippen LogP contribution is 2.36. The minimum atomic E-state index is -0.682. The normalized spacial score (nSPS) is 15.0. The number of carbonyl (C=O) groups is 1. The van der Waals surface area contributed by atoms with Gasteiger partial charge in [0.05, 0.1) is 40.6 Å². The van der Waals surface area contributed by atoms with E-state index in [2.05, 4.69) is 4.99 Å². The largest absolute Gasteiger partial charge is 0.493 e. The molecule has 0 spiro atoms. The molecule has 0 saturated heterocycles. The molecule has 190 valence electrons. The maximum absolute atomic E-state index is 13.7. The molecule has 4 rings (SSSR count). The van der Waals surface area contributed by atoms with E-state index < -0.39 is 12.0 Å². The van der Waals surface area contributed by atoms with Crippen LogP contribution in [0.5, 0.6) is 11.5 Å². The number of carbonyl (C=O) groups excluding carboxylic acids is 1. The molecule has 1 aliphatic heterocycles. The Morgan fingerprint density at radius 2 is 2.00 bits per heavy atom. The molecule has 0 fully saturated rings. The van der Waals surface area contributed by atoms with Crippen LogP contribution in [0.3, 0.4) is 0 Å². The van der Waals surface area contributed by atoms with Crippen LogP contribution < -0.4 is 24.4 Å². The van der Waals surface area contributed by atoms with Gasteiger partial charge in [-0.05, 0) is 50.1 Å². The first-order chi connectivity index (χ1) is 17.8. The van der Waals surface area contributed by atoms with Crippen LogP contribution in [0.25, 0.3) is 6.08 Å². The second kappa shape index (κ2) is 11.0. The zero-order chi connectivity index (χ0) is 26.7. The number of ether oxygens (including phenoxy) is 3. The molecule has 0 saturated carbocycles. The highest BCUT2D eigenvalue weighted by atomic mass is 35.5. The second-order valence-corrected chi connectivity index (χ2v) is 9.61. The Labute approximate surface area is 222 Å². The zero-order valence-corrected chi connectivity index (χ0v) is 22.3. The number of aromatic nitrogens is 1. The third kappa shape index (κ3) is 5.17. The van der Waals surface area contributed by atoms with Gasteiger partial charge < -0.3 is 14.2 Å². The van der Waals surface area contributed by atoms with Crippen LogP contribution in [0.4, 0.5) is 0 Å². The van der Waals surface area contributed by atoms with Gasteiger partial charge in [0, 0.05) is 0 Å². The van der Waals surface area contributed by atoms with Crippen LogP contribution in [0.2, 0.25) is 5.02 Å². The first-order valence-corrected chi connectivity index (χ1v) is 12.6. The summed E-state index contributed by atoms with van der Waals surface area (Å²) in [5, 5.41) is 9.06. The van der Waals surface area contributed by atoms with E-state index in [0.717, 1.165) is 11.1 Å². The van der Waals surface area contributed by atoms with Crippen molar-refractivity contribution in [1.82, 2.24) is 4.57 Å². The number of aryl methyl sites for hydroxylation is 1. The van der Waals surface area contributed by atoms with E-state index in [1.54, 1.807) is 32.1 Å². The van der Waals surface area contributed by atoms with Crippen LogP contribution in [-0.4, -0.2) is 30.9 Å². The number of allylic oxidation sites excluding steroid dienone is 1. The van der Waals surface area contributed by atoms with Gasteiger partial charge in [0.1, 0.15) is 6.07 Å². The molecular weight excluding hydrogens is 514 g/mol. The molecular formula is C27H24ClN3O5S. The number of halogens is 1. The van der Waals surface area contributed by atoms with Crippen LogP contribution in [-0.2, 0) is 9.53 Å². The average molecular weight is 538 g/mol. The van der Waals surface area contributed by atoms with Crippen LogP contribution >= 0.6 is 22.9 Å². The lowest BCUT2D eigenvalue weighted by atomic mass is 9.95. The first kappa shape index (κ1) is 26.2. The topological polar surface area (TPSA) is 103 Å². The molecule has 37 heavy (non-hydrogen) atoms. The summed E-state index contributed by atoms with van der Waals surface area (Å²) in [6.07, 6.45) is 1.68. The number of nitriles is 1. The Balaban J connectivity index is 1.90. The van der Waals surface area contributed by atoms with E-state index in [9.17, 15) is 9.59 Å². The van der Waals surface area contributed by atoms with Crippen molar-refractivity contribution in [2.24, 2.45) is 4.99 Å². The predicted molar refractivity (Wildman–Crippen MR) is 141 cm³/mol. The van der Waals surface area contributed by atoms with Crippen LogP contribution in [0.1, 0.15) is 36.6 Å². The predicted octanol–water partition coefficient (Wildman–Crippen LogP) is 3.67. The molecule has 2 aromatic carbocycles. The number of fused-ring (bicyclic) bond motifs is 1. The SMILES string of the molecule is CCOC(=O)C1=C(C)N=c2s/c(=C/c3cc(Cl)c(OCC#N)c(OC)c3)c(=O)n2[C@@H]1c1ccc(C)cc1. The molecule has 8 nitrogen and oxygen atoms in total. The summed E-state index contributed by atoms with van der Waals surface area (Å²) in [6.45, 7) is 5.47. The number of esters is 1. The van der Waals surface area contributed by atoms with Gasteiger partial charge in [-0.1, -0.05) is 52.8 Å². The minimum Gasteiger partial charge on any atom is -0.493 e. The monoisotopic (exact) mass is 537 g/mol. The van der Waals surface area contributed by atoms with Gasteiger partial charge in [-0.2, -0.15) is 5.26 Å². The molecule has 0 unspecified atom stereocenters. The zero-order valence-electron chi connectivity index (χ0n) is 20.7. The molecule has 1 aromatic heterocycles. The van der Waals surface area contributed by atoms with E-state index in [0.29, 0.717) is 31.9 Å². The summed E-state index contributed by atoms with van der Waals surface area (Å²) in [6, 6.07) is 12.2. The Hall–Kier alpha value is -3.87. The van der Waals surface area contributed by atoms with Crippen molar-refractivity contribution in [2.45, 2.75) is 26.8 Å². The van der Waals surface area contributed by atoms with Crippen molar-refractivity contribution in [3.8, 4) is 17.6 Å². The third-order valence-electron chi connectivity index (χ3n) is 5.74. The van der Waals surface area contributed by atoms with E-state index >= 15 is 0 Å². The maximum atomic E-state index is 13.7. The van der Waals surface area contributed by atoms with Gasteiger partial charge in [-0.15, -0.1) is 0 Å². The Kier molecular flexibility index (Phi) is 7.81. The van der Waals surface area contributed by atoms with Crippen LogP contribution in [0, 0.1) is 18.3 Å². The molecule has 1 aliphatic rings. The van der Waals surface area contributed by atoms with Crippen molar-refractivity contribution in [2.75, 3.05) is 20.3 Å². The Bertz CT molecular complexity index is 1610. The van der Waals surface area contributed by atoms with Crippen LogP contribution in [0.15, 0.2) is 57.5 Å². The van der Waals surface area contributed by atoms with E-state index in [4.69, 9.17) is 31.1 Å². The summed E-state index contributed by atoms with van der Waals surface area (Å²) in [5.41, 5.74) is 2.96. The fourth-order valence-corrected chi connectivity index (χ4v) is 5.39. The molecule has 1 atom stereocenters. The maximum Gasteiger partial charge on any atom is 0.338 e. The summed E-state index contributed by atoms with van der Waals surface area (Å²) >= 11 is 7.59. The molecule has 0 amide bonds. The lowest BCUT2D eigenvalue weighted by molar-refractivity contribution is -0.139. The molecule has 0 radical (unpaired) electrons. The molecule has 3 aromatic rings. The van der Waals surface area contributed by atoms with Gasteiger partial charge in [0.15, 0.2) is 22.9 Å². The van der Waals surface area contributed by atoms with Gasteiger partial charge in [-0.3, -0.25) is 9.36 Å².